The topological polar surface area (TPSA) is 69.4 Å². The van der Waals surface area contributed by atoms with E-state index in [4.69, 9.17) is 0 Å². The Morgan fingerprint density at radius 2 is 2.05 bits per heavy atom. The standard InChI is InChI=1S/C14H25NO4/c1-11(2)6-5-7-12(3)8-13(10-15(17)18)9-14(16)19-4/h6,12-13H,5,7-10H2,1-4H3. The quantitative estimate of drug-likeness (QED) is 0.279. The molecular formula is C14H25NO4. The molecule has 0 saturated carbocycles. The number of hydrogen-bond acceptors (Lipinski definition) is 4. The van der Waals surface area contributed by atoms with Gasteiger partial charge in [0.25, 0.3) is 0 Å². The number of hydrogen-bond donors (Lipinski definition) is 0. The zero-order valence-electron chi connectivity index (χ0n) is 12.3. The third-order valence-corrected chi connectivity index (χ3v) is 3.04. The second-order valence-corrected chi connectivity index (χ2v) is 5.36. The van der Waals surface area contributed by atoms with Crippen LogP contribution in [-0.4, -0.2) is 24.5 Å². The van der Waals surface area contributed by atoms with Crippen LogP contribution >= 0.6 is 0 Å². The summed E-state index contributed by atoms with van der Waals surface area (Å²) in [6.07, 6.45) is 4.95. The molecule has 0 radical (unpaired) electrons. The van der Waals surface area contributed by atoms with Gasteiger partial charge < -0.3 is 4.74 Å². The Kier molecular flexibility index (Phi) is 8.83. The molecule has 0 aromatic heterocycles. The maximum Gasteiger partial charge on any atom is 0.306 e. The summed E-state index contributed by atoms with van der Waals surface area (Å²) in [5.74, 6) is -0.238. The average Bonchev–Trinajstić information content (AvgIpc) is 2.27. The maximum atomic E-state index is 11.2. The van der Waals surface area contributed by atoms with Gasteiger partial charge >= 0.3 is 5.97 Å². The highest BCUT2D eigenvalue weighted by molar-refractivity contribution is 5.69. The van der Waals surface area contributed by atoms with E-state index in [-0.39, 0.29) is 29.8 Å². The lowest BCUT2D eigenvalue weighted by Gasteiger charge is -2.16. The van der Waals surface area contributed by atoms with Crippen LogP contribution in [0.2, 0.25) is 0 Å². The third-order valence-electron chi connectivity index (χ3n) is 3.04. The zero-order valence-corrected chi connectivity index (χ0v) is 12.3. The van der Waals surface area contributed by atoms with Gasteiger partial charge in [-0.05, 0) is 39.0 Å². The van der Waals surface area contributed by atoms with Crippen LogP contribution in [0.4, 0.5) is 0 Å². The van der Waals surface area contributed by atoms with Gasteiger partial charge in [-0.1, -0.05) is 18.6 Å². The molecule has 0 rings (SSSR count). The van der Waals surface area contributed by atoms with Gasteiger partial charge in [-0.3, -0.25) is 14.9 Å². The molecule has 0 aliphatic heterocycles. The molecule has 5 nitrogen and oxygen atoms in total. The van der Waals surface area contributed by atoms with Crippen molar-refractivity contribution >= 4 is 5.97 Å². The molecule has 0 bridgehead atoms. The Bertz CT molecular complexity index is 321. The fourth-order valence-electron chi connectivity index (χ4n) is 2.10. The molecule has 19 heavy (non-hydrogen) atoms. The number of nitro groups is 1. The van der Waals surface area contributed by atoms with Gasteiger partial charge in [-0.25, -0.2) is 0 Å². The predicted octanol–water partition coefficient (Wildman–Crippen LogP) is 3.22. The number of nitrogens with zero attached hydrogens (tertiary/aromatic N) is 1. The molecule has 110 valence electrons. The minimum Gasteiger partial charge on any atom is -0.469 e. The Morgan fingerprint density at radius 1 is 1.42 bits per heavy atom. The summed E-state index contributed by atoms with van der Waals surface area (Å²) in [5, 5.41) is 10.6. The van der Waals surface area contributed by atoms with Gasteiger partial charge in [0.05, 0.1) is 13.5 Å². The number of methoxy groups -OCH3 is 1. The van der Waals surface area contributed by atoms with Crippen molar-refractivity contribution in [3.8, 4) is 0 Å². The number of rotatable bonds is 9. The van der Waals surface area contributed by atoms with E-state index in [0.29, 0.717) is 12.3 Å². The normalized spacial score (nSPS) is 13.5. The smallest absolute Gasteiger partial charge is 0.306 e. The van der Waals surface area contributed by atoms with Crippen LogP contribution in [0.15, 0.2) is 11.6 Å². The molecule has 5 heteroatoms. The van der Waals surface area contributed by atoms with Crippen LogP contribution < -0.4 is 0 Å². The van der Waals surface area contributed by atoms with Crippen molar-refractivity contribution in [1.82, 2.24) is 0 Å². The summed E-state index contributed by atoms with van der Waals surface area (Å²) in [6.45, 7) is 6.01. The van der Waals surface area contributed by atoms with E-state index in [0.717, 1.165) is 12.8 Å². The van der Waals surface area contributed by atoms with Gasteiger partial charge in [0.15, 0.2) is 0 Å². The summed E-state index contributed by atoms with van der Waals surface area (Å²) in [4.78, 5) is 21.5. The largest absolute Gasteiger partial charge is 0.469 e. The van der Waals surface area contributed by atoms with Gasteiger partial charge in [0.1, 0.15) is 0 Å². The van der Waals surface area contributed by atoms with Gasteiger partial charge in [-0.15, -0.1) is 0 Å². The number of allylic oxidation sites excluding steroid dienone is 2. The molecule has 0 aromatic carbocycles. The van der Waals surface area contributed by atoms with Crippen molar-refractivity contribution in [3.63, 3.8) is 0 Å². The van der Waals surface area contributed by atoms with Gasteiger partial charge in [0.2, 0.25) is 6.54 Å². The lowest BCUT2D eigenvalue weighted by Crippen LogP contribution is -2.21. The fourth-order valence-corrected chi connectivity index (χ4v) is 2.10. The summed E-state index contributed by atoms with van der Waals surface area (Å²) in [6, 6.07) is 0. The SMILES string of the molecule is COC(=O)CC(CC(C)CCC=C(C)C)C[N+](=O)[O-]. The van der Waals surface area contributed by atoms with Crippen molar-refractivity contribution in [1.29, 1.82) is 0 Å². The summed E-state index contributed by atoms with van der Waals surface area (Å²) < 4.78 is 4.59. The van der Waals surface area contributed by atoms with Crippen molar-refractivity contribution < 1.29 is 14.5 Å². The molecule has 0 N–H and O–H groups in total. The van der Waals surface area contributed by atoms with E-state index < -0.39 is 0 Å². The highest BCUT2D eigenvalue weighted by Crippen LogP contribution is 2.21. The minimum absolute atomic E-state index is 0.129. The van der Waals surface area contributed by atoms with Crippen molar-refractivity contribution in [2.45, 2.75) is 46.5 Å². The minimum atomic E-state index is -0.372. The highest BCUT2D eigenvalue weighted by atomic mass is 16.6. The third kappa shape index (κ3) is 10.2. The van der Waals surface area contributed by atoms with Crippen LogP contribution in [0.3, 0.4) is 0 Å². The summed E-state index contributed by atoms with van der Waals surface area (Å²) in [5.41, 5.74) is 1.28. The zero-order chi connectivity index (χ0) is 14.8. The molecule has 0 aliphatic carbocycles. The Balaban J connectivity index is 4.25. The van der Waals surface area contributed by atoms with E-state index in [1.807, 2.05) is 0 Å². The Morgan fingerprint density at radius 3 is 2.53 bits per heavy atom. The summed E-state index contributed by atoms with van der Waals surface area (Å²) >= 11 is 0. The van der Waals surface area contributed by atoms with Crippen LogP contribution in [-0.2, 0) is 9.53 Å². The molecule has 0 fully saturated rings. The molecule has 2 atom stereocenters. The fraction of sp³-hybridized carbons (Fsp3) is 0.786. The number of esters is 1. The van der Waals surface area contributed by atoms with E-state index in [2.05, 4.69) is 31.6 Å². The molecule has 0 saturated heterocycles. The molecular weight excluding hydrogens is 246 g/mol. The van der Waals surface area contributed by atoms with Crippen LogP contribution in [0.25, 0.3) is 0 Å². The number of carbonyl (C=O) groups is 1. The highest BCUT2D eigenvalue weighted by Gasteiger charge is 2.22. The molecule has 0 aromatic rings. The van der Waals surface area contributed by atoms with Crippen molar-refractivity contribution in [3.05, 3.63) is 21.8 Å². The monoisotopic (exact) mass is 271 g/mol. The molecule has 0 amide bonds. The Labute approximate surface area is 115 Å². The van der Waals surface area contributed by atoms with Crippen LogP contribution in [0.5, 0.6) is 0 Å². The van der Waals surface area contributed by atoms with Gasteiger partial charge in [-0.2, -0.15) is 0 Å². The first-order chi connectivity index (χ1) is 8.85. The molecule has 0 spiro atoms. The van der Waals surface area contributed by atoms with Crippen molar-refractivity contribution in [2.75, 3.05) is 13.7 Å². The van der Waals surface area contributed by atoms with Crippen LogP contribution in [0.1, 0.15) is 46.5 Å². The first-order valence-corrected chi connectivity index (χ1v) is 6.67. The van der Waals surface area contributed by atoms with E-state index in [1.54, 1.807) is 0 Å². The molecule has 0 heterocycles. The van der Waals surface area contributed by atoms with Crippen LogP contribution in [0, 0.1) is 22.0 Å². The van der Waals surface area contributed by atoms with E-state index in [9.17, 15) is 14.9 Å². The number of carbonyl (C=O) groups excluding carboxylic acids is 1. The lowest BCUT2D eigenvalue weighted by molar-refractivity contribution is -0.488. The average molecular weight is 271 g/mol. The second-order valence-electron chi connectivity index (χ2n) is 5.36. The van der Waals surface area contributed by atoms with E-state index in [1.165, 1.54) is 12.7 Å². The number of ether oxygens (including phenoxy) is 1. The maximum absolute atomic E-state index is 11.2. The van der Waals surface area contributed by atoms with E-state index >= 15 is 0 Å². The molecule has 2 unspecified atom stereocenters. The first-order valence-electron chi connectivity index (χ1n) is 6.67. The molecule has 0 aliphatic rings. The Hall–Kier alpha value is -1.39. The predicted molar refractivity (Wildman–Crippen MR) is 74.4 cm³/mol. The second kappa shape index (κ2) is 9.53. The first kappa shape index (κ1) is 17.6. The lowest BCUT2D eigenvalue weighted by atomic mass is 9.90. The summed E-state index contributed by atoms with van der Waals surface area (Å²) in [7, 11) is 1.31. The van der Waals surface area contributed by atoms with Crippen molar-refractivity contribution in [2.24, 2.45) is 11.8 Å². The van der Waals surface area contributed by atoms with Gasteiger partial charge in [0, 0.05) is 10.8 Å².